The molecule has 78 heavy (non-hydrogen) atoms. The van der Waals surface area contributed by atoms with Crippen molar-refractivity contribution in [2.75, 3.05) is 99.7 Å². The number of fused-ring (bicyclic) bond motifs is 5. The molecule has 2 saturated heterocycles. The molecule has 0 bridgehead atoms. The van der Waals surface area contributed by atoms with Gasteiger partial charge in [0.1, 0.15) is 26.9 Å². The molecule has 2 aromatic heterocycles. The van der Waals surface area contributed by atoms with Crippen molar-refractivity contribution in [2.24, 2.45) is 5.73 Å². The molecular formula is C58H100N6O14. The van der Waals surface area contributed by atoms with Gasteiger partial charge in [0.2, 0.25) is 11.5 Å². The quantitative estimate of drug-likeness (QED) is 0.0412. The number of nitrogens with one attached hydrogen (secondary N) is 1. The van der Waals surface area contributed by atoms with Crippen LogP contribution in [0.15, 0.2) is 29.1 Å². The number of pyridine rings is 2. The normalized spacial score (nSPS) is 15.6. The number of benzene rings is 1. The number of likely N-dealkylation sites (tertiary alicyclic amines) is 2. The molecule has 0 radical (unpaired) electrons. The largest absolute Gasteiger partial charge is 0.468 e. The third kappa shape index (κ3) is 20.4. The van der Waals surface area contributed by atoms with Gasteiger partial charge in [-0.2, -0.15) is 0 Å². The maximum Gasteiger partial charge on any atom is 0.415 e. The van der Waals surface area contributed by atoms with E-state index < -0.39 is 30.1 Å². The highest BCUT2D eigenvalue weighted by Gasteiger charge is 2.50. The van der Waals surface area contributed by atoms with Crippen LogP contribution in [0.2, 0.25) is 0 Å². The number of aryl methyl sites for hydroxylation is 1. The highest BCUT2D eigenvalue weighted by Crippen LogP contribution is 2.42. The van der Waals surface area contributed by atoms with Gasteiger partial charge in [0.25, 0.3) is 5.56 Å². The Kier molecular flexibility index (Phi) is 39.4. The number of piperidine rings is 2. The summed E-state index contributed by atoms with van der Waals surface area (Å²) in [6, 6.07) is 7.71. The summed E-state index contributed by atoms with van der Waals surface area (Å²) in [4.78, 5) is 83.5. The Balaban J connectivity index is -0.000000744. The van der Waals surface area contributed by atoms with Crippen LogP contribution >= 0.6 is 0 Å². The maximum atomic E-state index is 13.9. The summed E-state index contributed by atoms with van der Waals surface area (Å²) in [5, 5.41) is 3.20. The van der Waals surface area contributed by atoms with Crippen molar-refractivity contribution in [3.05, 3.63) is 56.9 Å². The van der Waals surface area contributed by atoms with Crippen LogP contribution in [0, 0.1) is 12.8 Å². The molecule has 0 saturated carbocycles. The van der Waals surface area contributed by atoms with Gasteiger partial charge in [0.05, 0.1) is 69.1 Å². The fourth-order valence-electron chi connectivity index (χ4n) is 8.87. The lowest BCUT2D eigenvalue weighted by Crippen LogP contribution is -2.48. The second kappa shape index (κ2) is 40.3. The molecule has 0 spiro atoms. The number of cyclic esters (lactones) is 1. The molecule has 6 heterocycles. The van der Waals surface area contributed by atoms with Crippen LogP contribution in [0.25, 0.3) is 22.3 Å². The zero-order valence-corrected chi connectivity index (χ0v) is 42.1. The topological polar surface area (TPSA) is 239 Å². The molecule has 20 heteroatoms. The first-order valence-electron chi connectivity index (χ1n) is 24.8. The van der Waals surface area contributed by atoms with E-state index in [2.05, 4.69) is 21.4 Å². The second-order valence-electron chi connectivity index (χ2n) is 16.7. The molecule has 1 unspecified atom stereocenters. The Morgan fingerprint density at radius 1 is 0.846 bits per heavy atom. The number of terminal acetylenes is 1. The van der Waals surface area contributed by atoms with Crippen LogP contribution in [0.1, 0.15) is 142 Å². The van der Waals surface area contributed by atoms with Gasteiger partial charge in [0, 0.05) is 56.0 Å². The number of methoxy groups -OCH3 is 2. The zero-order chi connectivity index (χ0) is 52.6. The lowest BCUT2D eigenvalue weighted by Gasteiger charge is -2.39. The molecule has 4 aliphatic heterocycles. The third-order valence-electron chi connectivity index (χ3n) is 12.5. The molecule has 446 valence electrons. The number of carbonyl (C=O) groups is 5. The van der Waals surface area contributed by atoms with Crippen molar-refractivity contribution >= 4 is 40.8 Å². The molecule has 20 nitrogen and oxygen atoms in total. The lowest BCUT2D eigenvalue weighted by molar-refractivity contribution is -0.188. The van der Waals surface area contributed by atoms with Gasteiger partial charge in [-0.15, -0.1) is 12.8 Å². The Hall–Kier alpha value is -5.95. The predicted molar refractivity (Wildman–Crippen MR) is 311 cm³/mol. The second-order valence-corrected chi connectivity index (χ2v) is 16.7. The van der Waals surface area contributed by atoms with E-state index in [1.807, 2.05) is 32.9 Å². The number of esters is 3. The fraction of sp³-hybridized carbons (Fsp3) is 0.638. The summed E-state index contributed by atoms with van der Waals surface area (Å²) in [7, 11) is 2.92. The standard InChI is InChI=1S/C35H41N5O7.C9H17NO5.C5H12O2.C2H2.7CH4/c1-3-23-24-16-22(46-34(44)39-14-10-21(11-15-39)38-12-6-5-7-13-38)8-9-28(24)37-31-25(23)19-40-29(31)17-27-26(32(40)42)20-45-33(43)35(27,4-2)47-30(41)18-36;1-3-14-4-5-15-7-8(11)10-6-9(12)13-2;1-3-7-5-4-6-2;1-2;;;;;;;/h8-9,16-17,21H,3-7,10-15,18-20,36H2,1-2H3;3-7H2,1-2H3,(H,10,11);3-5H2,1-2H3;1-2H;7*1H4/i;;;1D;;;;;;;. The summed E-state index contributed by atoms with van der Waals surface area (Å²) in [6.07, 6.45) is 11.9. The zero-order valence-electron chi connectivity index (χ0n) is 43.1. The van der Waals surface area contributed by atoms with Gasteiger partial charge in [-0.3, -0.25) is 19.2 Å². The molecular weight excluding hydrogens is 1000 g/mol. The SMILES string of the molecule is C.C.C.C.C.C.C.CCOCCOC.CCOCCOCC(=O)NCC(=O)OC.CCc1c2c(nc3ccc(OC(=O)N4CCC(N5CCCCC5)CC4)cc13)-c1cc3c(c(=O)n1C2)COC(=O)C3(CC)OC(=O)CN.[2H]C#C. The molecule has 1 atom stereocenters. The molecule has 3 aromatic rings. The minimum absolute atomic E-state index is 0. The average Bonchev–Trinajstić information content (AvgIpc) is 3.77. The van der Waals surface area contributed by atoms with Crippen LogP contribution in [0.4, 0.5) is 4.79 Å². The van der Waals surface area contributed by atoms with Crippen molar-refractivity contribution in [1.82, 2.24) is 24.7 Å². The van der Waals surface area contributed by atoms with Crippen molar-refractivity contribution in [3.63, 3.8) is 0 Å². The first kappa shape index (κ1) is 76.3. The lowest BCUT2D eigenvalue weighted by atomic mass is 9.85. The summed E-state index contributed by atoms with van der Waals surface area (Å²) >= 11 is 0. The van der Waals surface area contributed by atoms with E-state index in [9.17, 15) is 28.8 Å². The molecule has 0 aliphatic carbocycles. The van der Waals surface area contributed by atoms with Crippen LogP contribution in [0.5, 0.6) is 5.75 Å². The number of carbonyl (C=O) groups excluding carboxylic acids is 5. The molecule has 2 fully saturated rings. The van der Waals surface area contributed by atoms with Crippen molar-refractivity contribution < 1.29 is 63.2 Å². The number of rotatable bonds is 18. The van der Waals surface area contributed by atoms with Gasteiger partial charge >= 0.3 is 24.0 Å². The van der Waals surface area contributed by atoms with Crippen LogP contribution in [-0.4, -0.2) is 155 Å². The number of amides is 2. The molecule has 4 aliphatic rings. The Bertz CT molecular complexity index is 2390. The number of ether oxygens (including phenoxy) is 8. The minimum atomic E-state index is -1.77. The van der Waals surface area contributed by atoms with E-state index in [1.54, 1.807) is 35.6 Å². The molecule has 3 N–H and O–H groups in total. The fourth-order valence-corrected chi connectivity index (χ4v) is 8.87. The van der Waals surface area contributed by atoms with Gasteiger partial charge in [-0.05, 0) is 95.3 Å². The number of nitrogens with two attached hydrogens (primary N) is 1. The average molecular weight is 1110 g/mol. The van der Waals surface area contributed by atoms with E-state index in [4.69, 9.17) is 45.2 Å². The van der Waals surface area contributed by atoms with Crippen molar-refractivity contribution in [3.8, 4) is 30.0 Å². The Morgan fingerprint density at radius 2 is 1.46 bits per heavy atom. The van der Waals surface area contributed by atoms with E-state index in [1.165, 1.54) is 32.8 Å². The highest BCUT2D eigenvalue weighted by molar-refractivity contribution is 5.91. The Morgan fingerprint density at radius 3 is 2.03 bits per heavy atom. The van der Waals surface area contributed by atoms with Gasteiger partial charge < -0.3 is 63.3 Å². The Labute approximate surface area is 469 Å². The van der Waals surface area contributed by atoms with E-state index in [-0.39, 0.29) is 108 Å². The summed E-state index contributed by atoms with van der Waals surface area (Å²) in [5.41, 5.74) is 7.73. The smallest absolute Gasteiger partial charge is 0.415 e. The third-order valence-corrected chi connectivity index (χ3v) is 12.5. The number of aromatic nitrogens is 2. The van der Waals surface area contributed by atoms with Gasteiger partial charge in [-0.1, -0.05) is 72.3 Å². The number of hydrogen-bond acceptors (Lipinski definition) is 17. The van der Waals surface area contributed by atoms with Crippen molar-refractivity contribution in [1.29, 1.82) is 0 Å². The summed E-state index contributed by atoms with van der Waals surface area (Å²) in [6.45, 7) is 14.3. The first-order valence-corrected chi connectivity index (χ1v) is 24.3. The summed E-state index contributed by atoms with van der Waals surface area (Å²) in [5.74, 6) is -1.89. The van der Waals surface area contributed by atoms with Crippen LogP contribution < -0.4 is 21.3 Å². The van der Waals surface area contributed by atoms with Gasteiger partial charge in [0.15, 0.2) is 0 Å². The molecule has 2 amide bonds. The maximum absolute atomic E-state index is 13.9. The van der Waals surface area contributed by atoms with Crippen LogP contribution in [0.3, 0.4) is 0 Å². The summed E-state index contributed by atoms with van der Waals surface area (Å²) < 4.78 is 48.2. The van der Waals surface area contributed by atoms with Crippen LogP contribution in [-0.2, 0) is 77.5 Å². The van der Waals surface area contributed by atoms with Gasteiger partial charge in [-0.25, -0.2) is 14.6 Å². The van der Waals surface area contributed by atoms with E-state index in [0.717, 1.165) is 49.1 Å². The highest BCUT2D eigenvalue weighted by atomic mass is 16.6. The molecule has 1 aromatic carbocycles. The molecule has 7 rings (SSSR count). The van der Waals surface area contributed by atoms with Crippen molar-refractivity contribution in [2.45, 2.75) is 149 Å². The number of nitrogens with zero attached hydrogens (tertiary/aromatic N) is 4. The van der Waals surface area contributed by atoms with E-state index >= 15 is 0 Å². The van der Waals surface area contributed by atoms with E-state index in [0.29, 0.717) is 86.8 Å². The number of hydrogen-bond donors (Lipinski definition) is 2. The predicted octanol–water partition coefficient (Wildman–Crippen LogP) is 8.30. The monoisotopic (exact) mass is 1110 g/mol. The minimum Gasteiger partial charge on any atom is -0.468 e. The first-order chi connectivity index (χ1) is 34.8.